The zero-order chi connectivity index (χ0) is 15.7. The van der Waals surface area contributed by atoms with E-state index in [1.54, 1.807) is 5.38 Å². The predicted octanol–water partition coefficient (Wildman–Crippen LogP) is 1.93. The van der Waals surface area contributed by atoms with E-state index in [1.165, 1.54) is 18.3 Å². The molecule has 1 aliphatic carbocycles. The fourth-order valence-corrected chi connectivity index (χ4v) is 3.40. The molecule has 0 aromatic carbocycles. The molecule has 2 amide bonds. The summed E-state index contributed by atoms with van der Waals surface area (Å²) in [6.45, 7) is 2.77. The van der Waals surface area contributed by atoms with Gasteiger partial charge in [-0.25, -0.2) is 4.98 Å². The highest BCUT2D eigenvalue weighted by molar-refractivity contribution is 7.14. The number of aromatic nitrogens is 1. The second kappa shape index (κ2) is 6.16. The van der Waals surface area contributed by atoms with Crippen molar-refractivity contribution < 1.29 is 14.4 Å². The summed E-state index contributed by atoms with van der Waals surface area (Å²) in [5, 5.41) is 4.89. The lowest BCUT2D eigenvalue weighted by Gasteiger charge is -2.31. The Kier molecular flexibility index (Phi) is 4.24. The largest absolute Gasteiger partial charge is 0.342 e. The quantitative estimate of drug-likeness (QED) is 0.860. The lowest BCUT2D eigenvalue weighted by Crippen LogP contribution is -2.42. The van der Waals surface area contributed by atoms with Gasteiger partial charge in [0.25, 0.3) is 0 Å². The summed E-state index contributed by atoms with van der Waals surface area (Å²) in [5.41, 5.74) is 0.380. The first-order chi connectivity index (χ1) is 10.5. The number of carbonyl (C=O) groups excluding carboxylic acids is 3. The third-order valence-electron chi connectivity index (χ3n) is 4.20. The van der Waals surface area contributed by atoms with Gasteiger partial charge in [0.05, 0.1) is 0 Å². The van der Waals surface area contributed by atoms with Gasteiger partial charge in [-0.05, 0) is 25.7 Å². The lowest BCUT2D eigenvalue weighted by molar-refractivity contribution is -0.135. The Balaban J connectivity index is 1.50. The zero-order valence-corrected chi connectivity index (χ0v) is 13.3. The SMILES string of the molecule is CC(=O)c1csc(NC(=O)C2CCN(C(=O)C3CC3)CC2)n1. The molecule has 0 atom stereocenters. The normalized spacial score (nSPS) is 19.0. The molecule has 1 aliphatic heterocycles. The molecule has 1 aromatic heterocycles. The van der Waals surface area contributed by atoms with Crippen LogP contribution in [0.4, 0.5) is 5.13 Å². The molecule has 2 heterocycles. The number of likely N-dealkylation sites (tertiary alicyclic amines) is 1. The van der Waals surface area contributed by atoms with Crippen molar-refractivity contribution in [2.45, 2.75) is 32.6 Å². The average Bonchev–Trinajstić information content (AvgIpc) is 3.26. The van der Waals surface area contributed by atoms with Gasteiger partial charge in [0.15, 0.2) is 10.9 Å². The predicted molar refractivity (Wildman–Crippen MR) is 82.8 cm³/mol. The van der Waals surface area contributed by atoms with Gasteiger partial charge in [0.1, 0.15) is 5.69 Å². The second-order valence-electron chi connectivity index (χ2n) is 5.96. The summed E-state index contributed by atoms with van der Waals surface area (Å²) in [5.74, 6) is 0.232. The molecule has 1 aromatic rings. The van der Waals surface area contributed by atoms with Gasteiger partial charge in [-0.15, -0.1) is 11.3 Å². The number of Topliss-reactive ketones (excluding diaryl/α,β-unsaturated/α-hetero) is 1. The Hall–Kier alpha value is -1.76. The van der Waals surface area contributed by atoms with Gasteiger partial charge in [-0.1, -0.05) is 0 Å². The van der Waals surface area contributed by atoms with Crippen molar-refractivity contribution in [3.8, 4) is 0 Å². The van der Waals surface area contributed by atoms with Crippen LogP contribution in [-0.2, 0) is 9.59 Å². The number of thiazole rings is 1. The minimum absolute atomic E-state index is 0.0667. The van der Waals surface area contributed by atoms with Gasteiger partial charge in [0, 0.05) is 37.2 Å². The molecular formula is C15H19N3O3S. The number of carbonyl (C=O) groups is 3. The Morgan fingerprint density at radius 1 is 1.18 bits per heavy atom. The fraction of sp³-hybridized carbons (Fsp3) is 0.600. The molecule has 22 heavy (non-hydrogen) atoms. The summed E-state index contributed by atoms with van der Waals surface area (Å²) in [7, 11) is 0. The van der Waals surface area contributed by atoms with E-state index in [9.17, 15) is 14.4 Å². The number of hydrogen-bond donors (Lipinski definition) is 1. The molecule has 0 unspecified atom stereocenters. The van der Waals surface area contributed by atoms with E-state index in [0.29, 0.717) is 36.8 Å². The maximum Gasteiger partial charge on any atom is 0.229 e. The van der Waals surface area contributed by atoms with Crippen LogP contribution < -0.4 is 5.32 Å². The van der Waals surface area contributed by atoms with E-state index >= 15 is 0 Å². The van der Waals surface area contributed by atoms with Crippen molar-refractivity contribution >= 4 is 34.1 Å². The molecule has 2 aliphatic rings. The fourth-order valence-electron chi connectivity index (χ4n) is 2.65. The number of amides is 2. The molecule has 1 N–H and O–H groups in total. The minimum atomic E-state index is -0.108. The molecule has 1 saturated heterocycles. The average molecular weight is 321 g/mol. The molecule has 0 bridgehead atoms. The third-order valence-corrected chi connectivity index (χ3v) is 4.96. The molecule has 0 radical (unpaired) electrons. The van der Waals surface area contributed by atoms with Crippen molar-refractivity contribution in [3.63, 3.8) is 0 Å². The van der Waals surface area contributed by atoms with Crippen LogP contribution in [0.25, 0.3) is 0 Å². The van der Waals surface area contributed by atoms with Crippen molar-refractivity contribution in [1.82, 2.24) is 9.88 Å². The van der Waals surface area contributed by atoms with Crippen LogP contribution in [-0.4, -0.2) is 40.6 Å². The van der Waals surface area contributed by atoms with Crippen LogP contribution in [0, 0.1) is 11.8 Å². The number of rotatable bonds is 4. The van der Waals surface area contributed by atoms with Crippen molar-refractivity contribution in [3.05, 3.63) is 11.1 Å². The molecule has 2 fully saturated rings. The summed E-state index contributed by atoms with van der Waals surface area (Å²) >= 11 is 1.26. The topological polar surface area (TPSA) is 79.4 Å². The van der Waals surface area contributed by atoms with E-state index in [2.05, 4.69) is 10.3 Å². The first-order valence-corrected chi connectivity index (χ1v) is 8.48. The van der Waals surface area contributed by atoms with Crippen molar-refractivity contribution in [1.29, 1.82) is 0 Å². The first kappa shape index (κ1) is 15.1. The van der Waals surface area contributed by atoms with E-state index in [0.717, 1.165) is 12.8 Å². The summed E-state index contributed by atoms with van der Waals surface area (Å²) in [4.78, 5) is 41.4. The van der Waals surface area contributed by atoms with Gasteiger partial charge in [-0.3, -0.25) is 14.4 Å². The zero-order valence-electron chi connectivity index (χ0n) is 12.5. The van der Waals surface area contributed by atoms with Crippen LogP contribution in [0.1, 0.15) is 43.1 Å². The van der Waals surface area contributed by atoms with Crippen LogP contribution in [0.2, 0.25) is 0 Å². The smallest absolute Gasteiger partial charge is 0.229 e. The summed E-state index contributed by atoms with van der Waals surface area (Å²) < 4.78 is 0. The number of ketones is 1. The highest BCUT2D eigenvalue weighted by Gasteiger charge is 2.36. The standard InChI is InChI=1S/C15H19N3O3S/c1-9(19)12-8-22-15(16-12)17-13(20)10-4-6-18(7-5-10)14(21)11-2-3-11/h8,10-11H,2-7H2,1H3,(H,16,17,20). The van der Waals surface area contributed by atoms with Crippen LogP contribution >= 0.6 is 11.3 Å². The van der Waals surface area contributed by atoms with Crippen LogP contribution in [0.15, 0.2) is 5.38 Å². The van der Waals surface area contributed by atoms with Crippen LogP contribution in [0.3, 0.4) is 0 Å². The van der Waals surface area contributed by atoms with Gasteiger partial charge < -0.3 is 10.2 Å². The number of nitrogens with zero attached hydrogens (tertiary/aromatic N) is 2. The molecular weight excluding hydrogens is 302 g/mol. The molecule has 3 rings (SSSR count). The number of piperidine rings is 1. The Morgan fingerprint density at radius 3 is 2.41 bits per heavy atom. The van der Waals surface area contributed by atoms with E-state index in [1.807, 2.05) is 4.90 Å². The van der Waals surface area contributed by atoms with Crippen molar-refractivity contribution in [2.24, 2.45) is 11.8 Å². The van der Waals surface area contributed by atoms with Gasteiger partial charge >= 0.3 is 0 Å². The third kappa shape index (κ3) is 3.35. The second-order valence-corrected chi connectivity index (χ2v) is 6.82. The van der Waals surface area contributed by atoms with E-state index in [4.69, 9.17) is 0 Å². The van der Waals surface area contributed by atoms with Crippen molar-refractivity contribution in [2.75, 3.05) is 18.4 Å². The Morgan fingerprint density at radius 2 is 1.86 bits per heavy atom. The van der Waals surface area contributed by atoms with Crippen LogP contribution in [0.5, 0.6) is 0 Å². The number of hydrogen-bond acceptors (Lipinski definition) is 5. The summed E-state index contributed by atoms with van der Waals surface area (Å²) in [6.07, 6.45) is 3.41. The minimum Gasteiger partial charge on any atom is -0.342 e. The molecule has 1 saturated carbocycles. The van der Waals surface area contributed by atoms with Gasteiger partial charge in [-0.2, -0.15) is 0 Å². The maximum atomic E-state index is 12.2. The van der Waals surface area contributed by atoms with E-state index in [-0.39, 0.29) is 29.4 Å². The van der Waals surface area contributed by atoms with Gasteiger partial charge in [0.2, 0.25) is 11.8 Å². The molecule has 6 nitrogen and oxygen atoms in total. The van der Waals surface area contributed by atoms with E-state index < -0.39 is 0 Å². The summed E-state index contributed by atoms with van der Waals surface area (Å²) in [6, 6.07) is 0. The lowest BCUT2D eigenvalue weighted by atomic mass is 9.95. The first-order valence-electron chi connectivity index (χ1n) is 7.60. The Bertz CT molecular complexity index is 601. The maximum absolute atomic E-state index is 12.2. The molecule has 7 heteroatoms. The highest BCUT2D eigenvalue weighted by atomic mass is 32.1. The number of nitrogens with one attached hydrogen (secondary N) is 1. The highest BCUT2D eigenvalue weighted by Crippen LogP contribution is 2.32. The number of anilines is 1. The monoisotopic (exact) mass is 321 g/mol. The Labute approximate surface area is 132 Å². The molecule has 118 valence electrons. The molecule has 0 spiro atoms.